The van der Waals surface area contributed by atoms with Gasteiger partial charge in [-0.05, 0) is 145 Å². The smallest absolute Gasteiger partial charge is 0.253 e. The lowest BCUT2D eigenvalue weighted by atomic mass is 9.76. The van der Waals surface area contributed by atoms with Crippen molar-refractivity contribution in [1.82, 2.24) is 9.80 Å². The Morgan fingerprint density at radius 2 is 0.887 bits per heavy atom. The first-order valence-electron chi connectivity index (χ1n) is 27.4. The van der Waals surface area contributed by atoms with Crippen LogP contribution in [-0.4, -0.2) is 126 Å². The van der Waals surface area contributed by atoms with E-state index in [4.69, 9.17) is 28.4 Å². The summed E-state index contributed by atoms with van der Waals surface area (Å²) in [6.07, 6.45) is 3.69. The van der Waals surface area contributed by atoms with Crippen LogP contribution in [0.25, 0.3) is 0 Å². The van der Waals surface area contributed by atoms with Gasteiger partial charge in [-0.3, -0.25) is 19.2 Å². The zero-order valence-electron chi connectivity index (χ0n) is 44.6. The molecule has 12 nitrogen and oxygen atoms in total. The molecule has 10 rings (SSSR count). The summed E-state index contributed by atoms with van der Waals surface area (Å²) >= 11 is 0. The summed E-state index contributed by atoms with van der Waals surface area (Å²) in [5.41, 5.74) is 6.75. The minimum absolute atomic E-state index is 0.00362. The van der Waals surface area contributed by atoms with Crippen LogP contribution in [0.3, 0.4) is 0 Å². The fourth-order valence-corrected chi connectivity index (χ4v) is 11.2. The number of hydrogen-bond donors (Lipinski definition) is 0. The number of amides is 2. The van der Waals surface area contributed by atoms with Crippen molar-refractivity contribution in [1.29, 1.82) is 0 Å². The molecule has 0 saturated carbocycles. The van der Waals surface area contributed by atoms with Gasteiger partial charge < -0.3 is 38.2 Å². The van der Waals surface area contributed by atoms with Crippen molar-refractivity contribution < 1.29 is 65.2 Å². The predicted molar refractivity (Wildman–Crippen MR) is 292 cm³/mol. The van der Waals surface area contributed by atoms with E-state index < -0.39 is 13.3 Å². The molecule has 420 valence electrons. The van der Waals surface area contributed by atoms with Crippen molar-refractivity contribution in [2.24, 2.45) is 11.8 Å². The van der Waals surface area contributed by atoms with Gasteiger partial charge in [0.1, 0.15) is 74.4 Å². The van der Waals surface area contributed by atoms with Gasteiger partial charge in [0.05, 0.1) is 26.4 Å². The molecule has 0 unspecified atom stereocenters. The quantitative estimate of drug-likeness (QED) is 0.0538. The first-order chi connectivity index (χ1) is 39.0. The van der Waals surface area contributed by atoms with E-state index in [1.54, 1.807) is 36.4 Å². The fourth-order valence-electron chi connectivity index (χ4n) is 11.2. The minimum Gasteiger partial charge on any atom is -0.491 e. The second-order valence-electron chi connectivity index (χ2n) is 20.4. The van der Waals surface area contributed by atoms with Crippen LogP contribution in [0.5, 0.6) is 23.0 Å². The maximum atomic E-state index is 13.8. The molecule has 4 aliphatic heterocycles. The lowest BCUT2D eigenvalue weighted by Gasteiger charge is -2.37. The van der Waals surface area contributed by atoms with E-state index in [1.807, 2.05) is 70.5 Å². The van der Waals surface area contributed by atoms with Crippen LogP contribution in [0, 0.1) is 23.5 Å². The molecule has 6 aromatic rings. The van der Waals surface area contributed by atoms with Crippen LogP contribution in [0.15, 0.2) is 133 Å². The molecule has 0 N–H and O–H groups in total. The molecule has 4 aliphatic rings. The van der Waals surface area contributed by atoms with Crippen molar-refractivity contribution in [2.75, 3.05) is 92.4 Å². The molecule has 0 spiro atoms. The molecule has 0 aromatic heterocycles. The molecule has 0 bridgehead atoms. The lowest BCUT2D eigenvalue weighted by Crippen LogP contribution is -2.40. The maximum absolute atomic E-state index is 13.8. The molecule has 2 atom stereocenters. The Bertz CT molecular complexity index is 2850. The molecule has 2 amide bonds. The summed E-state index contributed by atoms with van der Waals surface area (Å²) in [7, 11) is 0. The van der Waals surface area contributed by atoms with Crippen LogP contribution < -0.4 is 18.9 Å². The van der Waals surface area contributed by atoms with Crippen LogP contribution in [0.1, 0.15) is 91.6 Å². The number of halogens is 4. The maximum Gasteiger partial charge on any atom is 0.253 e. The standard InChI is InChI=1S/2C32H33F2NO5/c2*33-12-15-38-16-17-39-29-3-1-2-24(20-29)31(22-4-7-27(34)8-5-22)23-10-13-35(14-11-23)32(37)25-6-9-30-26(18-25)19-28(36)21-40-30/h2*1-9,18,20,23,31H,10-17,19,21H2/t2*31-/m10/s1. The van der Waals surface area contributed by atoms with Gasteiger partial charge in [-0.1, -0.05) is 48.5 Å². The van der Waals surface area contributed by atoms with Gasteiger partial charge in [0, 0.05) is 73.1 Å². The van der Waals surface area contributed by atoms with Crippen LogP contribution >= 0.6 is 0 Å². The summed E-state index contributed by atoms with van der Waals surface area (Å²) in [6, 6.07) is 39.6. The SMILES string of the molecule is O=C1COc2ccc(C(=O)N3CCC([C@@H](c4ccc(F)cc4)c4cccc(OCCOCCF)c4)CC3)cc2C1.O=C1COc2ccc(C(=O)N3CCC([C@H](c4ccc(F)cc4)c4cccc(OCCOCCF)c4)CC3)cc2C1. The molecule has 2 fully saturated rings. The van der Waals surface area contributed by atoms with E-state index in [2.05, 4.69) is 12.1 Å². The van der Waals surface area contributed by atoms with Crippen LogP contribution in [-0.2, 0) is 31.9 Å². The first kappa shape index (κ1) is 57.1. The number of likely N-dealkylation sites (tertiary alicyclic amines) is 2. The van der Waals surface area contributed by atoms with Crippen molar-refractivity contribution in [3.05, 3.63) is 190 Å². The molecule has 6 aromatic carbocycles. The Morgan fingerprint density at radius 3 is 1.27 bits per heavy atom. The molecule has 80 heavy (non-hydrogen) atoms. The highest BCUT2D eigenvalue weighted by Gasteiger charge is 2.34. The lowest BCUT2D eigenvalue weighted by molar-refractivity contribution is -0.122. The molecule has 4 heterocycles. The number of benzene rings is 6. The highest BCUT2D eigenvalue weighted by atomic mass is 19.1. The van der Waals surface area contributed by atoms with Gasteiger partial charge >= 0.3 is 0 Å². The third-order valence-electron chi connectivity index (χ3n) is 15.1. The second-order valence-corrected chi connectivity index (χ2v) is 20.4. The van der Waals surface area contributed by atoms with E-state index in [0.717, 1.165) is 59.1 Å². The monoisotopic (exact) mass is 1100 g/mol. The second kappa shape index (κ2) is 28.0. The molecular formula is C64H66F4N2O10. The van der Waals surface area contributed by atoms with E-state index in [0.29, 0.717) is 86.7 Å². The highest BCUT2D eigenvalue weighted by Crippen LogP contribution is 2.42. The van der Waals surface area contributed by atoms with E-state index in [1.165, 1.54) is 24.3 Å². The Kier molecular flexibility index (Phi) is 20.0. The summed E-state index contributed by atoms with van der Waals surface area (Å²) in [4.78, 5) is 54.0. The van der Waals surface area contributed by atoms with Gasteiger partial charge in [-0.25, -0.2) is 17.6 Å². The fraction of sp³-hybridized carbons (Fsp3) is 0.375. The number of hydrogen-bond acceptors (Lipinski definition) is 10. The minimum atomic E-state index is -0.525. The van der Waals surface area contributed by atoms with Gasteiger partial charge in [-0.15, -0.1) is 0 Å². The average molecular weight is 1100 g/mol. The number of ketones is 2. The first-order valence-corrected chi connectivity index (χ1v) is 27.4. The zero-order chi connectivity index (χ0) is 55.8. The molecule has 0 aliphatic carbocycles. The molecular weight excluding hydrogens is 1030 g/mol. The van der Waals surface area contributed by atoms with Gasteiger partial charge in [0.15, 0.2) is 11.6 Å². The van der Waals surface area contributed by atoms with Gasteiger partial charge in [-0.2, -0.15) is 0 Å². The largest absolute Gasteiger partial charge is 0.491 e. The number of piperidine rings is 2. The normalized spacial score (nSPS) is 16.2. The van der Waals surface area contributed by atoms with Crippen molar-refractivity contribution in [3.63, 3.8) is 0 Å². The van der Waals surface area contributed by atoms with Crippen molar-refractivity contribution in [2.45, 2.75) is 50.4 Å². The average Bonchev–Trinajstić information content (AvgIpc) is 3.49. The summed E-state index contributed by atoms with van der Waals surface area (Å²) in [6.45, 7) is 2.81. The third kappa shape index (κ3) is 15.0. The van der Waals surface area contributed by atoms with E-state index >= 15 is 0 Å². The molecule has 0 radical (unpaired) electrons. The van der Waals surface area contributed by atoms with Gasteiger partial charge in [0.2, 0.25) is 0 Å². The zero-order valence-corrected chi connectivity index (χ0v) is 44.6. The number of fused-ring (bicyclic) bond motifs is 2. The van der Waals surface area contributed by atoms with Crippen molar-refractivity contribution in [3.8, 4) is 23.0 Å². The highest BCUT2D eigenvalue weighted by molar-refractivity contribution is 5.96. The topological polar surface area (TPSA) is 130 Å². The van der Waals surface area contributed by atoms with Crippen LogP contribution in [0.2, 0.25) is 0 Å². The number of nitrogens with zero attached hydrogens (tertiary/aromatic N) is 2. The number of carbonyl (C=O) groups excluding carboxylic acids is 4. The Hall–Kier alpha value is -7.56. The number of Topliss-reactive ketones (excluding diaryl/α,β-unsaturated/α-hetero) is 2. The Morgan fingerprint density at radius 1 is 0.487 bits per heavy atom. The number of ether oxygens (including phenoxy) is 6. The van der Waals surface area contributed by atoms with E-state index in [9.17, 15) is 36.7 Å². The Balaban J connectivity index is 0.000000194. The number of carbonyl (C=O) groups is 4. The van der Waals surface area contributed by atoms with Crippen molar-refractivity contribution >= 4 is 23.4 Å². The number of alkyl halides is 2. The van der Waals surface area contributed by atoms with Gasteiger partial charge in [0.25, 0.3) is 11.8 Å². The Labute approximate surface area is 463 Å². The van der Waals surface area contributed by atoms with Crippen LogP contribution in [0.4, 0.5) is 17.6 Å². The summed E-state index contributed by atoms with van der Waals surface area (Å²) in [5.74, 6) is 2.49. The van der Waals surface area contributed by atoms with E-state index in [-0.39, 0.29) is 98.0 Å². The predicted octanol–water partition coefficient (Wildman–Crippen LogP) is 10.8. The third-order valence-corrected chi connectivity index (χ3v) is 15.1. The summed E-state index contributed by atoms with van der Waals surface area (Å²) < 4.78 is 85.0. The summed E-state index contributed by atoms with van der Waals surface area (Å²) in [5, 5.41) is 0. The molecule has 2 saturated heterocycles. The number of rotatable bonds is 20. The molecule has 16 heteroatoms.